The number of carbonyl (C=O) groups is 1. The predicted molar refractivity (Wildman–Crippen MR) is 88.0 cm³/mol. The number of hydrogen-bond acceptors (Lipinski definition) is 4. The van der Waals surface area contributed by atoms with Crippen LogP contribution in [0.25, 0.3) is 0 Å². The van der Waals surface area contributed by atoms with Gasteiger partial charge in [-0.15, -0.1) is 23.7 Å². The summed E-state index contributed by atoms with van der Waals surface area (Å²) in [5.41, 5.74) is 0. The van der Waals surface area contributed by atoms with Gasteiger partial charge in [0, 0.05) is 11.4 Å². The van der Waals surface area contributed by atoms with Crippen molar-refractivity contribution in [3.8, 4) is 0 Å². The first-order chi connectivity index (χ1) is 9.22. The molecule has 0 fully saturated rings. The van der Waals surface area contributed by atoms with E-state index in [1.165, 1.54) is 0 Å². The summed E-state index contributed by atoms with van der Waals surface area (Å²) in [5.74, 6) is -0.154. The van der Waals surface area contributed by atoms with Gasteiger partial charge in [0.1, 0.15) is 6.61 Å². The Morgan fingerprint density at radius 1 is 1.35 bits per heavy atom. The van der Waals surface area contributed by atoms with Gasteiger partial charge in [0.2, 0.25) is 0 Å². The largest absolute Gasteiger partial charge is 0.464 e. The number of rotatable bonds is 9. The molecule has 0 saturated heterocycles. The fraction of sp³-hybridized carbons (Fsp3) is 0.667. The van der Waals surface area contributed by atoms with E-state index in [1.807, 2.05) is 17.5 Å². The van der Waals surface area contributed by atoms with Crippen LogP contribution in [0.1, 0.15) is 44.4 Å². The highest BCUT2D eigenvalue weighted by Gasteiger charge is 2.22. The van der Waals surface area contributed by atoms with Crippen molar-refractivity contribution in [1.29, 1.82) is 0 Å². The molecule has 116 valence electrons. The van der Waals surface area contributed by atoms with Gasteiger partial charge in [-0.2, -0.15) is 0 Å². The van der Waals surface area contributed by atoms with E-state index in [1.54, 1.807) is 11.3 Å². The standard InChI is InChI=1S/C15H25NO2S.ClH/c1-4-8-13(14-9-7-12-19-14)15(17)18-11-10-16(5-2)6-3;/h7,9,12-13H,4-6,8,10-11H2,1-3H3;1H. The second kappa shape index (κ2) is 11.1. The fourth-order valence-corrected chi connectivity index (χ4v) is 2.92. The van der Waals surface area contributed by atoms with E-state index in [4.69, 9.17) is 4.74 Å². The van der Waals surface area contributed by atoms with Gasteiger partial charge in [-0.1, -0.05) is 33.3 Å². The van der Waals surface area contributed by atoms with E-state index < -0.39 is 0 Å². The third-order valence-corrected chi connectivity index (χ3v) is 4.28. The molecular formula is C15H26ClNO2S. The van der Waals surface area contributed by atoms with Crippen molar-refractivity contribution in [2.75, 3.05) is 26.2 Å². The van der Waals surface area contributed by atoms with Crippen molar-refractivity contribution in [3.05, 3.63) is 22.4 Å². The number of likely N-dealkylation sites (N-methyl/N-ethyl adjacent to an activating group) is 1. The van der Waals surface area contributed by atoms with E-state index in [2.05, 4.69) is 25.7 Å². The second-order valence-electron chi connectivity index (χ2n) is 4.55. The molecule has 1 rings (SSSR count). The maximum Gasteiger partial charge on any atom is 0.314 e. The first-order valence-corrected chi connectivity index (χ1v) is 8.03. The molecule has 1 atom stereocenters. The maximum atomic E-state index is 12.2. The smallest absolute Gasteiger partial charge is 0.314 e. The molecule has 1 unspecified atom stereocenters. The molecule has 0 amide bonds. The summed E-state index contributed by atoms with van der Waals surface area (Å²) in [6, 6.07) is 4.02. The minimum absolute atomic E-state index is 0. The third-order valence-electron chi connectivity index (χ3n) is 3.29. The van der Waals surface area contributed by atoms with Crippen LogP contribution in [0.5, 0.6) is 0 Å². The monoisotopic (exact) mass is 319 g/mol. The number of ether oxygens (including phenoxy) is 1. The third kappa shape index (κ3) is 6.25. The summed E-state index contributed by atoms with van der Waals surface area (Å²) in [4.78, 5) is 15.5. The van der Waals surface area contributed by atoms with Crippen LogP contribution in [0, 0.1) is 0 Å². The average Bonchev–Trinajstić information content (AvgIpc) is 2.94. The Hall–Kier alpha value is -0.580. The topological polar surface area (TPSA) is 29.5 Å². The molecular weight excluding hydrogens is 294 g/mol. The molecule has 0 aromatic carbocycles. The van der Waals surface area contributed by atoms with Crippen LogP contribution < -0.4 is 0 Å². The molecule has 0 radical (unpaired) electrons. The number of halogens is 1. The molecule has 1 aromatic heterocycles. The van der Waals surface area contributed by atoms with Crippen LogP contribution in [0.4, 0.5) is 0 Å². The Morgan fingerprint density at radius 2 is 2.05 bits per heavy atom. The summed E-state index contributed by atoms with van der Waals surface area (Å²) in [7, 11) is 0. The highest BCUT2D eigenvalue weighted by atomic mass is 35.5. The van der Waals surface area contributed by atoms with Gasteiger partial charge in [-0.05, 0) is 31.0 Å². The molecule has 0 spiro atoms. The summed E-state index contributed by atoms with van der Waals surface area (Å²) in [5, 5.41) is 2.02. The molecule has 0 bridgehead atoms. The Morgan fingerprint density at radius 3 is 2.55 bits per heavy atom. The lowest BCUT2D eigenvalue weighted by Gasteiger charge is -2.19. The fourth-order valence-electron chi connectivity index (χ4n) is 2.07. The van der Waals surface area contributed by atoms with E-state index in [9.17, 15) is 4.79 Å². The van der Waals surface area contributed by atoms with Gasteiger partial charge in [0.05, 0.1) is 5.92 Å². The van der Waals surface area contributed by atoms with E-state index in [0.717, 1.165) is 37.4 Å². The number of carbonyl (C=O) groups excluding carboxylic acids is 1. The molecule has 0 aliphatic rings. The van der Waals surface area contributed by atoms with Crippen LogP contribution in [-0.2, 0) is 9.53 Å². The number of nitrogens with zero attached hydrogens (tertiary/aromatic N) is 1. The number of esters is 1. The Bertz CT molecular complexity index is 353. The van der Waals surface area contributed by atoms with E-state index in [0.29, 0.717) is 6.61 Å². The quantitative estimate of drug-likeness (QED) is 0.646. The van der Waals surface area contributed by atoms with Gasteiger partial charge in [0.15, 0.2) is 0 Å². The molecule has 3 nitrogen and oxygen atoms in total. The van der Waals surface area contributed by atoms with Gasteiger partial charge in [-0.3, -0.25) is 4.79 Å². The van der Waals surface area contributed by atoms with Crippen molar-refractivity contribution in [2.24, 2.45) is 0 Å². The molecule has 0 aliphatic heterocycles. The second-order valence-corrected chi connectivity index (χ2v) is 5.53. The highest BCUT2D eigenvalue weighted by Crippen LogP contribution is 2.26. The van der Waals surface area contributed by atoms with Crippen LogP contribution in [0.2, 0.25) is 0 Å². The first kappa shape index (κ1) is 19.4. The SMILES string of the molecule is CCCC(C(=O)OCCN(CC)CC)c1cccs1.Cl. The molecule has 5 heteroatoms. The zero-order valence-corrected chi connectivity index (χ0v) is 14.3. The zero-order chi connectivity index (χ0) is 14.1. The van der Waals surface area contributed by atoms with Crippen LogP contribution in [-0.4, -0.2) is 37.1 Å². The zero-order valence-electron chi connectivity index (χ0n) is 12.6. The van der Waals surface area contributed by atoms with Crippen LogP contribution in [0.3, 0.4) is 0 Å². The van der Waals surface area contributed by atoms with Gasteiger partial charge in [-0.25, -0.2) is 0 Å². The van der Waals surface area contributed by atoms with Crippen molar-refractivity contribution in [3.63, 3.8) is 0 Å². The lowest BCUT2D eigenvalue weighted by molar-refractivity contribution is -0.146. The van der Waals surface area contributed by atoms with Gasteiger partial charge in [0.25, 0.3) is 0 Å². The number of hydrogen-bond donors (Lipinski definition) is 0. The summed E-state index contributed by atoms with van der Waals surface area (Å²) >= 11 is 1.64. The van der Waals surface area contributed by atoms with Crippen molar-refractivity contribution in [1.82, 2.24) is 4.90 Å². The summed E-state index contributed by atoms with van der Waals surface area (Å²) in [6.07, 6.45) is 1.86. The molecule has 0 aliphatic carbocycles. The van der Waals surface area contributed by atoms with Gasteiger partial charge < -0.3 is 9.64 Å². The molecule has 1 aromatic rings. The first-order valence-electron chi connectivity index (χ1n) is 7.15. The van der Waals surface area contributed by atoms with Gasteiger partial charge >= 0.3 is 5.97 Å². The molecule has 0 N–H and O–H groups in total. The van der Waals surface area contributed by atoms with Crippen molar-refractivity contribution >= 4 is 29.7 Å². The minimum atomic E-state index is -0.0818. The highest BCUT2D eigenvalue weighted by molar-refractivity contribution is 7.10. The van der Waals surface area contributed by atoms with Crippen LogP contribution >= 0.6 is 23.7 Å². The lowest BCUT2D eigenvalue weighted by Crippen LogP contribution is -2.28. The predicted octanol–water partition coefficient (Wildman–Crippen LogP) is 3.94. The Kier molecular flexibility index (Phi) is 10.8. The maximum absolute atomic E-state index is 12.2. The normalized spacial score (nSPS) is 12.0. The lowest BCUT2D eigenvalue weighted by atomic mass is 10.0. The molecule has 0 saturated carbocycles. The van der Waals surface area contributed by atoms with Crippen molar-refractivity contribution in [2.45, 2.75) is 39.5 Å². The minimum Gasteiger partial charge on any atom is -0.464 e. The van der Waals surface area contributed by atoms with Crippen LogP contribution in [0.15, 0.2) is 17.5 Å². The molecule has 1 heterocycles. The Labute approximate surface area is 132 Å². The van der Waals surface area contributed by atoms with E-state index >= 15 is 0 Å². The summed E-state index contributed by atoms with van der Waals surface area (Å²) < 4.78 is 5.44. The summed E-state index contributed by atoms with van der Waals surface area (Å²) in [6.45, 7) is 9.65. The van der Waals surface area contributed by atoms with Crippen molar-refractivity contribution < 1.29 is 9.53 Å². The average molecular weight is 320 g/mol. The number of thiophene rings is 1. The molecule has 20 heavy (non-hydrogen) atoms. The van der Waals surface area contributed by atoms with E-state index in [-0.39, 0.29) is 24.3 Å². The Balaban J connectivity index is 0.00000361.